The van der Waals surface area contributed by atoms with Crippen molar-refractivity contribution in [1.82, 2.24) is 4.57 Å². The van der Waals surface area contributed by atoms with Gasteiger partial charge < -0.3 is 19.8 Å². The van der Waals surface area contributed by atoms with Gasteiger partial charge in [-0.1, -0.05) is 6.07 Å². The van der Waals surface area contributed by atoms with Crippen molar-refractivity contribution in [2.75, 3.05) is 13.7 Å². The van der Waals surface area contributed by atoms with Gasteiger partial charge in [0.15, 0.2) is 0 Å². The molecule has 2 rings (SSSR count). The molecule has 0 saturated carbocycles. The smallest absolute Gasteiger partial charge is 0.327 e. The first-order valence-electron chi connectivity index (χ1n) is 6.71. The van der Waals surface area contributed by atoms with Gasteiger partial charge in [0.1, 0.15) is 11.8 Å². The first-order chi connectivity index (χ1) is 9.63. The van der Waals surface area contributed by atoms with E-state index in [9.17, 15) is 4.79 Å². The minimum atomic E-state index is -0.804. The highest BCUT2D eigenvalue weighted by atomic mass is 16.5. The Kier molecular flexibility index (Phi) is 4.29. The molecule has 0 aliphatic heterocycles. The average molecular weight is 276 g/mol. The number of hydrogen-bond donors (Lipinski definition) is 1. The summed E-state index contributed by atoms with van der Waals surface area (Å²) in [7, 11) is 1.61. The molecule has 0 bridgehead atoms. The number of ether oxygens (including phenoxy) is 2. The third-order valence-electron chi connectivity index (χ3n) is 3.33. The van der Waals surface area contributed by atoms with Crippen molar-refractivity contribution >= 4 is 16.9 Å². The van der Waals surface area contributed by atoms with Gasteiger partial charge in [-0.25, -0.2) is 4.79 Å². The molecule has 5 heteroatoms. The minimum Gasteiger partial charge on any atom is -0.496 e. The van der Waals surface area contributed by atoms with E-state index in [0.29, 0.717) is 12.4 Å². The number of esters is 1. The standard InChI is InChI=1S/C15H20N2O3/c1-4-17-9-10(14(16)15(18)20-5-2)13-11(17)7-6-8-12(13)19-3/h6-9,14H,4-5,16H2,1-3H3. The van der Waals surface area contributed by atoms with Crippen molar-refractivity contribution in [3.8, 4) is 5.75 Å². The fraction of sp³-hybridized carbons (Fsp3) is 0.400. The molecule has 0 amide bonds. The van der Waals surface area contributed by atoms with E-state index in [0.717, 1.165) is 23.0 Å². The van der Waals surface area contributed by atoms with E-state index in [-0.39, 0.29) is 0 Å². The van der Waals surface area contributed by atoms with Gasteiger partial charge in [-0.05, 0) is 26.0 Å². The molecule has 108 valence electrons. The lowest BCUT2D eigenvalue weighted by Crippen LogP contribution is -2.23. The number of rotatable bonds is 5. The first kappa shape index (κ1) is 14.4. The lowest BCUT2D eigenvalue weighted by molar-refractivity contribution is -0.144. The number of fused-ring (bicyclic) bond motifs is 1. The summed E-state index contributed by atoms with van der Waals surface area (Å²) in [4.78, 5) is 11.9. The van der Waals surface area contributed by atoms with E-state index in [2.05, 4.69) is 0 Å². The van der Waals surface area contributed by atoms with Crippen LogP contribution in [-0.4, -0.2) is 24.3 Å². The van der Waals surface area contributed by atoms with E-state index in [1.807, 2.05) is 35.9 Å². The molecule has 20 heavy (non-hydrogen) atoms. The zero-order chi connectivity index (χ0) is 14.7. The van der Waals surface area contributed by atoms with Crippen LogP contribution in [0.5, 0.6) is 5.75 Å². The van der Waals surface area contributed by atoms with Gasteiger partial charge in [0.05, 0.1) is 19.2 Å². The molecule has 1 unspecified atom stereocenters. The summed E-state index contributed by atoms with van der Waals surface area (Å²) in [6, 6.07) is 4.97. The molecule has 5 nitrogen and oxygen atoms in total. The lowest BCUT2D eigenvalue weighted by atomic mass is 10.1. The predicted molar refractivity (Wildman–Crippen MR) is 77.7 cm³/mol. The molecule has 1 aromatic heterocycles. The summed E-state index contributed by atoms with van der Waals surface area (Å²) < 4.78 is 12.5. The van der Waals surface area contributed by atoms with Crippen molar-refractivity contribution in [3.05, 3.63) is 30.0 Å². The quantitative estimate of drug-likeness (QED) is 0.850. The van der Waals surface area contributed by atoms with Crippen molar-refractivity contribution in [1.29, 1.82) is 0 Å². The van der Waals surface area contributed by atoms with Crippen molar-refractivity contribution < 1.29 is 14.3 Å². The molecule has 0 saturated heterocycles. The van der Waals surface area contributed by atoms with Gasteiger partial charge in [-0.15, -0.1) is 0 Å². The Labute approximate surface area is 118 Å². The summed E-state index contributed by atoms with van der Waals surface area (Å²) in [6.07, 6.45) is 1.90. The largest absolute Gasteiger partial charge is 0.496 e. The maximum atomic E-state index is 11.9. The fourth-order valence-corrected chi connectivity index (χ4v) is 2.38. The number of hydrogen-bond acceptors (Lipinski definition) is 4. The van der Waals surface area contributed by atoms with Crippen LogP contribution in [0.4, 0.5) is 0 Å². The third-order valence-corrected chi connectivity index (χ3v) is 3.33. The Morgan fingerprint density at radius 2 is 2.15 bits per heavy atom. The second kappa shape index (κ2) is 5.96. The molecule has 1 heterocycles. The second-order valence-corrected chi connectivity index (χ2v) is 4.45. The number of aryl methyl sites for hydroxylation is 1. The van der Waals surface area contributed by atoms with E-state index in [1.165, 1.54) is 0 Å². The number of nitrogens with zero attached hydrogens (tertiary/aromatic N) is 1. The van der Waals surface area contributed by atoms with Crippen LogP contribution in [0.3, 0.4) is 0 Å². The Morgan fingerprint density at radius 1 is 1.40 bits per heavy atom. The van der Waals surface area contributed by atoms with E-state index in [4.69, 9.17) is 15.2 Å². The summed E-state index contributed by atoms with van der Waals surface area (Å²) in [5, 5.41) is 0.873. The predicted octanol–water partition coefficient (Wildman–Crippen LogP) is 2.23. The number of benzene rings is 1. The number of carbonyl (C=O) groups is 1. The zero-order valence-electron chi connectivity index (χ0n) is 12.1. The summed E-state index contributed by atoms with van der Waals surface area (Å²) in [5.74, 6) is 0.290. The van der Waals surface area contributed by atoms with Crippen LogP contribution in [0.1, 0.15) is 25.5 Å². The topological polar surface area (TPSA) is 66.5 Å². The molecule has 2 aromatic rings. The van der Waals surface area contributed by atoms with Crippen molar-refractivity contribution in [2.45, 2.75) is 26.4 Å². The Hall–Kier alpha value is -2.01. The Bertz CT molecular complexity index is 619. The number of methoxy groups -OCH3 is 1. The average Bonchev–Trinajstić information content (AvgIpc) is 2.85. The molecular weight excluding hydrogens is 256 g/mol. The Balaban J connectivity index is 2.60. The maximum absolute atomic E-state index is 11.9. The van der Waals surface area contributed by atoms with Gasteiger partial charge >= 0.3 is 5.97 Å². The highest BCUT2D eigenvalue weighted by Crippen LogP contribution is 2.33. The van der Waals surface area contributed by atoms with Gasteiger partial charge in [-0.2, -0.15) is 0 Å². The van der Waals surface area contributed by atoms with Gasteiger partial charge in [0.2, 0.25) is 0 Å². The molecule has 1 aromatic carbocycles. The van der Waals surface area contributed by atoms with Crippen LogP contribution < -0.4 is 10.5 Å². The summed E-state index contributed by atoms with van der Waals surface area (Å²) >= 11 is 0. The van der Waals surface area contributed by atoms with Crippen LogP contribution in [0.15, 0.2) is 24.4 Å². The molecular formula is C15H20N2O3. The highest BCUT2D eigenvalue weighted by molar-refractivity contribution is 5.94. The van der Waals surface area contributed by atoms with E-state index in [1.54, 1.807) is 14.0 Å². The maximum Gasteiger partial charge on any atom is 0.327 e. The minimum absolute atomic E-state index is 0.316. The molecule has 1 atom stereocenters. The zero-order valence-corrected chi connectivity index (χ0v) is 12.1. The van der Waals surface area contributed by atoms with Gasteiger partial charge in [0.25, 0.3) is 0 Å². The molecule has 0 aliphatic rings. The highest BCUT2D eigenvalue weighted by Gasteiger charge is 2.23. The molecule has 0 fully saturated rings. The second-order valence-electron chi connectivity index (χ2n) is 4.45. The van der Waals surface area contributed by atoms with Crippen LogP contribution in [0.2, 0.25) is 0 Å². The van der Waals surface area contributed by atoms with E-state index < -0.39 is 12.0 Å². The Morgan fingerprint density at radius 3 is 2.75 bits per heavy atom. The normalized spacial score (nSPS) is 12.4. The molecule has 0 spiro atoms. The van der Waals surface area contributed by atoms with Crippen molar-refractivity contribution in [3.63, 3.8) is 0 Å². The monoisotopic (exact) mass is 276 g/mol. The lowest BCUT2D eigenvalue weighted by Gasteiger charge is -2.11. The number of aromatic nitrogens is 1. The molecule has 0 radical (unpaired) electrons. The fourth-order valence-electron chi connectivity index (χ4n) is 2.38. The van der Waals surface area contributed by atoms with E-state index >= 15 is 0 Å². The molecule has 0 aliphatic carbocycles. The van der Waals surface area contributed by atoms with Gasteiger partial charge in [0, 0.05) is 23.7 Å². The summed E-state index contributed by atoms with van der Waals surface area (Å²) in [6.45, 7) is 4.91. The van der Waals surface area contributed by atoms with Crippen LogP contribution in [0, 0.1) is 0 Å². The summed E-state index contributed by atoms with van der Waals surface area (Å²) in [5.41, 5.74) is 7.77. The number of carbonyl (C=O) groups excluding carboxylic acids is 1. The van der Waals surface area contributed by atoms with Gasteiger partial charge in [-0.3, -0.25) is 0 Å². The molecule has 2 N–H and O–H groups in total. The van der Waals surface area contributed by atoms with Crippen molar-refractivity contribution in [2.24, 2.45) is 5.73 Å². The van der Waals surface area contributed by atoms with Crippen LogP contribution in [0.25, 0.3) is 10.9 Å². The number of nitrogens with two attached hydrogens (primary N) is 1. The SMILES string of the molecule is CCOC(=O)C(N)c1cn(CC)c2cccc(OC)c12. The first-order valence-corrected chi connectivity index (χ1v) is 6.71. The third kappa shape index (κ3) is 2.36. The van der Waals surface area contributed by atoms with Crippen LogP contribution >= 0.6 is 0 Å². The van der Waals surface area contributed by atoms with Crippen LogP contribution in [-0.2, 0) is 16.1 Å².